The molecule has 1 aromatic carbocycles. The van der Waals surface area contributed by atoms with E-state index in [0.717, 1.165) is 24.1 Å². The number of rotatable bonds is 3. The average molecular weight is 393 g/mol. The third-order valence-corrected chi connectivity index (χ3v) is 5.45. The van der Waals surface area contributed by atoms with E-state index in [1.165, 1.54) is 13.2 Å². The van der Waals surface area contributed by atoms with Crippen molar-refractivity contribution in [1.29, 1.82) is 0 Å². The molecule has 5 nitrogen and oxygen atoms in total. The van der Waals surface area contributed by atoms with Gasteiger partial charge in [0.2, 0.25) is 0 Å². The fourth-order valence-electron chi connectivity index (χ4n) is 4.16. The maximum atomic E-state index is 13.4. The minimum absolute atomic E-state index is 0.0220. The smallest absolute Gasteiger partial charge is 0.381 e. The first-order valence-corrected chi connectivity index (χ1v) is 9.44. The third kappa shape index (κ3) is 3.53. The van der Waals surface area contributed by atoms with E-state index in [1.807, 2.05) is 0 Å². The summed E-state index contributed by atoms with van der Waals surface area (Å²) >= 11 is 0. The highest BCUT2D eigenvalue weighted by Gasteiger charge is 2.38. The summed E-state index contributed by atoms with van der Waals surface area (Å²) in [6.07, 6.45) is -0.632. The summed E-state index contributed by atoms with van der Waals surface area (Å²) in [4.78, 5) is 14.8. The molecule has 150 valence electrons. The summed E-state index contributed by atoms with van der Waals surface area (Å²) in [5, 5.41) is 3.60. The summed E-state index contributed by atoms with van der Waals surface area (Å²) in [5.74, 6) is 0.198. The number of benzene rings is 1. The van der Waals surface area contributed by atoms with Crippen molar-refractivity contribution in [3.63, 3.8) is 0 Å². The highest BCUT2D eigenvalue weighted by Crippen LogP contribution is 2.39. The standard InChI is InChI=1S/C20H22F3N3O2/c1-25-11-17(18(24-25)20(21,22)23)14-5-2-6-16-15(14)7-8-26(19(16)27)10-13-4-3-9-28-12-13/h2,5-6,11,13H,3-4,7-10,12H2,1H3. The van der Waals surface area contributed by atoms with Gasteiger partial charge in [0, 0.05) is 44.1 Å². The second kappa shape index (κ2) is 7.24. The summed E-state index contributed by atoms with van der Waals surface area (Å²) < 4.78 is 46.9. The summed E-state index contributed by atoms with van der Waals surface area (Å²) in [6.45, 7) is 2.55. The Bertz CT molecular complexity index is 885. The molecule has 1 fully saturated rings. The number of hydrogen-bond acceptors (Lipinski definition) is 3. The van der Waals surface area contributed by atoms with E-state index in [0.29, 0.717) is 48.7 Å². The minimum atomic E-state index is -4.55. The molecule has 0 spiro atoms. The molecule has 28 heavy (non-hydrogen) atoms. The van der Waals surface area contributed by atoms with Crippen LogP contribution in [0.3, 0.4) is 0 Å². The van der Waals surface area contributed by atoms with Gasteiger partial charge in [-0.1, -0.05) is 12.1 Å². The van der Waals surface area contributed by atoms with Crippen LogP contribution in [0, 0.1) is 5.92 Å². The van der Waals surface area contributed by atoms with Crippen molar-refractivity contribution in [3.8, 4) is 11.1 Å². The molecule has 8 heteroatoms. The van der Waals surface area contributed by atoms with Crippen molar-refractivity contribution in [1.82, 2.24) is 14.7 Å². The number of aryl methyl sites for hydroxylation is 1. The zero-order valence-corrected chi connectivity index (χ0v) is 15.6. The molecule has 2 aromatic rings. The van der Waals surface area contributed by atoms with E-state index in [2.05, 4.69) is 5.10 Å². The minimum Gasteiger partial charge on any atom is -0.381 e. The Morgan fingerprint density at radius 3 is 2.75 bits per heavy atom. The van der Waals surface area contributed by atoms with Gasteiger partial charge in [-0.15, -0.1) is 0 Å². The molecule has 1 atom stereocenters. The molecule has 4 rings (SSSR count). The molecular formula is C20H22F3N3O2. The maximum absolute atomic E-state index is 13.4. The molecule has 0 saturated carbocycles. The van der Waals surface area contributed by atoms with E-state index in [-0.39, 0.29) is 11.5 Å². The molecule has 0 radical (unpaired) electrons. The molecule has 1 saturated heterocycles. The van der Waals surface area contributed by atoms with E-state index in [4.69, 9.17) is 4.74 Å². The Kier molecular flexibility index (Phi) is 4.91. The first-order valence-electron chi connectivity index (χ1n) is 9.44. The second-order valence-corrected chi connectivity index (χ2v) is 7.48. The Balaban J connectivity index is 1.66. The van der Waals surface area contributed by atoms with Gasteiger partial charge in [-0.3, -0.25) is 9.48 Å². The number of amides is 1. The Morgan fingerprint density at radius 1 is 1.25 bits per heavy atom. The van der Waals surface area contributed by atoms with Crippen molar-refractivity contribution in [3.05, 3.63) is 41.2 Å². The van der Waals surface area contributed by atoms with Gasteiger partial charge in [0.1, 0.15) is 0 Å². The molecule has 3 heterocycles. The van der Waals surface area contributed by atoms with E-state index in [1.54, 1.807) is 23.1 Å². The quantitative estimate of drug-likeness (QED) is 0.802. The lowest BCUT2D eigenvalue weighted by molar-refractivity contribution is -0.140. The lowest BCUT2D eigenvalue weighted by atomic mass is 9.89. The van der Waals surface area contributed by atoms with Crippen LogP contribution in [0.1, 0.15) is 34.5 Å². The van der Waals surface area contributed by atoms with E-state index in [9.17, 15) is 18.0 Å². The molecule has 1 aromatic heterocycles. The fraction of sp³-hybridized carbons (Fsp3) is 0.500. The number of hydrogen-bond donors (Lipinski definition) is 0. The highest BCUT2D eigenvalue weighted by molar-refractivity contribution is 5.99. The Hall–Kier alpha value is -2.35. The van der Waals surface area contributed by atoms with Crippen LogP contribution in [0.25, 0.3) is 11.1 Å². The van der Waals surface area contributed by atoms with Gasteiger partial charge in [-0.25, -0.2) is 0 Å². The van der Waals surface area contributed by atoms with Gasteiger partial charge < -0.3 is 9.64 Å². The number of halogens is 3. The predicted molar refractivity (Wildman–Crippen MR) is 96.8 cm³/mol. The molecule has 2 aliphatic heterocycles. The Labute approximate surface area is 161 Å². The average Bonchev–Trinajstić information content (AvgIpc) is 3.07. The van der Waals surface area contributed by atoms with Crippen LogP contribution in [0.2, 0.25) is 0 Å². The van der Waals surface area contributed by atoms with Crippen LogP contribution in [0.4, 0.5) is 13.2 Å². The number of ether oxygens (including phenoxy) is 1. The van der Waals surface area contributed by atoms with Crippen molar-refractivity contribution < 1.29 is 22.7 Å². The molecule has 1 amide bonds. The number of nitrogens with zero attached hydrogens (tertiary/aromatic N) is 3. The van der Waals surface area contributed by atoms with Crippen molar-refractivity contribution in [2.45, 2.75) is 25.4 Å². The van der Waals surface area contributed by atoms with Crippen LogP contribution in [0.15, 0.2) is 24.4 Å². The number of alkyl halides is 3. The number of carbonyl (C=O) groups excluding carboxylic acids is 1. The Morgan fingerprint density at radius 2 is 2.04 bits per heavy atom. The van der Waals surface area contributed by atoms with Crippen LogP contribution in [0.5, 0.6) is 0 Å². The maximum Gasteiger partial charge on any atom is 0.435 e. The summed E-state index contributed by atoms with van der Waals surface area (Å²) in [5.41, 5.74) is 0.693. The van der Waals surface area contributed by atoms with Crippen LogP contribution < -0.4 is 0 Å². The summed E-state index contributed by atoms with van der Waals surface area (Å²) in [6, 6.07) is 4.99. The zero-order chi connectivity index (χ0) is 19.9. The first-order chi connectivity index (χ1) is 13.3. The van der Waals surface area contributed by atoms with Gasteiger partial charge in [-0.2, -0.15) is 18.3 Å². The third-order valence-electron chi connectivity index (χ3n) is 5.45. The van der Waals surface area contributed by atoms with E-state index >= 15 is 0 Å². The number of carbonyl (C=O) groups is 1. The van der Waals surface area contributed by atoms with E-state index < -0.39 is 11.9 Å². The molecule has 0 aliphatic carbocycles. The fourth-order valence-corrected chi connectivity index (χ4v) is 4.16. The molecule has 2 aliphatic rings. The molecule has 0 N–H and O–H groups in total. The van der Waals surface area contributed by atoms with Crippen LogP contribution >= 0.6 is 0 Å². The van der Waals surface area contributed by atoms with Gasteiger partial charge in [-0.05, 0) is 42.4 Å². The molecular weight excluding hydrogens is 371 g/mol. The second-order valence-electron chi connectivity index (χ2n) is 7.48. The monoisotopic (exact) mass is 393 g/mol. The topological polar surface area (TPSA) is 47.4 Å². The van der Waals surface area contributed by atoms with Crippen LogP contribution in [-0.4, -0.2) is 46.9 Å². The van der Waals surface area contributed by atoms with Crippen molar-refractivity contribution in [2.24, 2.45) is 13.0 Å². The summed E-state index contributed by atoms with van der Waals surface area (Å²) in [7, 11) is 1.47. The van der Waals surface area contributed by atoms with Crippen LogP contribution in [-0.2, 0) is 24.4 Å². The number of fused-ring (bicyclic) bond motifs is 1. The highest BCUT2D eigenvalue weighted by atomic mass is 19.4. The van der Waals surface area contributed by atoms with Crippen molar-refractivity contribution in [2.75, 3.05) is 26.3 Å². The van der Waals surface area contributed by atoms with Gasteiger partial charge in [0.05, 0.1) is 6.61 Å². The lowest BCUT2D eigenvalue weighted by Crippen LogP contribution is -2.42. The van der Waals surface area contributed by atoms with Gasteiger partial charge in [0.25, 0.3) is 5.91 Å². The predicted octanol–water partition coefficient (Wildman–Crippen LogP) is 3.53. The number of aromatic nitrogens is 2. The molecule has 1 unspecified atom stereocenters. The first kappa shape index (κ1) is 19.0. The SMILES string of the molecule is Cn1cc(-c2cccc3c2CCN(CC2CCCOC2)C3=O)c(C(F)(F)F)n1. The molecule has 0 bridgehead atoms. The largest absolute Gasteiger partial charge is 0.435 e. The lowest BCUT2D eigenvalue weighted by Gasteiger charge is -2.33. The zero-order valence-electron chi connectivity index (χ0n) is 15.6. The van der Waals surface area contributed by atoms with Gasteiger partial charge >= 0.3 is 6.18 Å². The normalized spacial score (nSPS) is 20.4. The van der Waals surface area contributed by atoms with Crippen molar-refractivity contribution >= 4 is 5.91 Å². The van der Waals surface area contributed by atoms with Gasteiger partial charge in [0.15, 0.2) is 5.69 Å².